The number of rotatable bonds is 4. The first-order valence-electron chi connectivity index (χ1n) is 6.80. The fraction of sp³-hybridized carbons (Fsp3) is 0.188. The molecule has 2 aromatic rings. The fourth-order valence-corrected chi connectivity index (χ4v) is 2.91. The van der Waals surface area contributed by atoms with Crippen LogP contribution in [0, 0.1) is 0 Å². The van der Waals surface area contributed by atoms with Crippen molar-refractivity contribution in [2.75, 3.05) is 0 Å². The lowest BCUT2D eigenvalue weighted by Gasteiger charge is -2.06. The predicted molar refractivity (Wildman–Crippen MR) is 76.3 cm³/mol. The molecular formula is C16H13NO5. The van der Waals surface area contributed by atoms with Gasteiger partial charge in [-0.05, 0) is 12.5 Å². The van der Waals surface area contributed by atoms with Crippen molar-refractivity contribution in [2.45, 2.75) is 18.9 Å². The quantitative estimate of drug-likeness (QED) is 0.841. The molecular weight excluding hydrogens is 286 g/mol. The van der Waals surface area contributed by atoms with Crippen LogP contribution in [0.1, 0.15) is 44.4 Å². The summed E-state index contributed by atoms with van der Waals surface area (Å²) in [5.74, 6) is -3.48. The summed E-state index contributed by atoms with van der Waals surface area (Å²) in [5.41, 5.74) is 0.768. The highest BCUT2D eigenvalue weighted by Crippen LogP contribution is 2.35. The summed E-state index contributed by atoms with van der Waals surface area (Å²) in [5, 5.41) is 18.5. The Morgan fingerprint density at radius 2 is 1.77 bits per heavy atom. The van der Waals surface area contributed by atoms with Gasteiger partial charge < -0.3 is 14.8 Å². The van der Waals surface area contributed by atoms with Crippen LogP contribution >= 0.6 is 0 Å². The number of carbonyl (C=O) groups is 3. The molecule has 0 spiro atoms. The van der Waals surface area contributed by atoms with Gasteiger partial charge in [-0.25, -0.2) is 4.79 Å². The minimum atomic E-state index is -1.22. The Morgan fingerprint density at radius 3 is 2.36 bits per heavy atom. The second kappa shape index (κ2) is 5.14. The number of benzene rings is 1. The molecule has 0 saturated heterocycles. The number of carboxylic acid groups (broad SMARTS) is 2. The van der Waals surface area contributed by atoms with Crippen LogP contribution in [0.25, 0.3) is 0 Å². The van der Waals surface area contributed by atoms with E-state index in [2.05, 4.69) is 0 Å². The normalized spacial score (nSPS) is 16.3. The number of fused-ring (bicyclic) bond motifs is 1. The lowest BCUT2D eigenvalue weighted by molar-refractivity contribution is -0.138. The molecule has 1 unspecified atom stereocenters. The van der Waals surface area contributed by atoms with Gasteiger partial charge in [-0.1, -0.05) is 30.3 Å². The number of ketones is 1. The van der Waals surface area contributed by atoms with Gasteiger partial charge in [0.25, 0.3) is 0 Å². The third-order valence-corrected chi connectivity index (χ3v) is 3.91. The molecule has 112 valence electrons. The Kier molecular flexibility index (Phi) is 3.29. The smallest absolute Gasteiger partial charge is 0.337 e. The zero-order valence-electron chi connectivity index (χ0n) is 11.5. The van der Waals surface area contributed by atoms with Gasteiger partial charge in [0.15, 0.2) is 0 Å². The zero-order chi connectivity index (χ0) is 15.9. The van der Waals surface area contributed by atoms with Crippen molar-refractivity contribution in [3.8, 4) is 0 Å². The number of nitrogens with zero attached hydrogens (tertiary/aromatic N) is 1. The van der Waals surface area contributed by atoms with E-state index in [1.807, 2.05) is 0 Å². The molecule has 2 N–H and O–H groups in total. The number of hydrogen-bond acceptors (Lipinski definition) is 3. The number of hydrogen-bond donors (Lipinski definition) is 2. The Labute approximate surface area is 125 Å². The van der Waals surface area contributed by atoms with Crippen LogP contribution < -0.4 is 0 Å². The van der Waals surface area contributed by atoms with Gasteiger partial charge >= 0.3 is 11.9 Å². The Hall–Kier alpha value is -2.89. The Balaban J connectivity index is 2.14. The van der Waals surface area contributed by atoms with Crippen molar-refractivity contribution in [2.24, 2.45) is 0 Å². The summed E-state index contributed by atoms with van der Waals surface area (Å²) in [7, 11) is 0. The molecule has 22 heavy (non-hydrogen) atoms. The van der Waals surface area contributed by atoms with Crippen molar-refractivity contribution in [3.63, 3.8) is 0 Å². The third-order valence-electron chi connectivity index (χ3n) is 3.91. The molecule has 6 heteroatoms. The maximum atomic E-state index is 12.6. The molecule has 1 aliphatic rings. The van der Waals surface area contributed by atoms with Gasteiger partial charge in [-0.3, -0.25) is 9.59 Å². The largest absolute Gasteiger partial charge is 0.481 e. The van der Waals surface area contributed by atoms with Gasteiger partial charge in [-0.2, -0.15) is 0 Å². The summed E-state index contributed by atoms with van der Waals surface area (Å²) < 4.78 is 1.53. The van der Waals surface area contributed by atoms with Gasteiger partial charge in [-0.15, -0.1) is 0 Å². The number of aliphatic carboxylic acids is 1. The summed E-state index contributed by atoms with van der Waals surface area (Å²) in [6, 6.07) is 9.79. The summed E-state index contributed by atoms with van der Waals surface area (Å²) in [4.78, 5) is 35.2. The van der Waals surface area contributed by atoms with Crippen molar-refractivity contribution >= 4 is 17.7 Å². The molecule has 1 aliphatic heterocycles. The van der Waals surface area contributed by atoms with Crippen LogP contribution in [-0.2, 0) is 11.3 Å². The van der Waals surface area contributed by atoms with Crippen LogP contribution in [-0.4, -0.2) is 32.5 Å². The first-order valence-corrected chi connectivity index (χ1v) is 6.80. The van der Waals surface area contributed by atoms with E-state index >= 15 is 0 Å². The number of aromatic carboxylic acids is 1. The average molecular weight is 299 g/mol. The molecule has 0 aliphatic carbocycles. The highest BCUT2D eigenvalue weighted by Gasteiger charge is 2.36. The molecule has 0 radical (unpaired) electrons. The molecule has 6 nitrogen and oxygen atoms in total. The van der Waals surface area contributed by atoms with E-state index in [4.69, 9.17) is 0 Å². The number of carboxylic acids is 2. The van der Waals surface area contributed by atoms with E-state index in [0.29, 0.717) is 18.5 Å². The standard InChI is InChI=1S/C16H13NO5/c18-14(9-4-2-1-3-5-9)12-8-11(16(21)22)13-10(15(19)20)6-7-17(12)13/h1-5,8,10H,6-7H2,(H,19,20)(H,21,22). The fourth-order valence-electron chi connectivity index (χ4n) is 2.91. The van der Waals surface area contributed by atoms with Crippen molar-refractivity contribution in [3.05, 3.63) is 58.9 Å². The minimum absolute atomic E-state index is 0.107. The second-order valence-corrected chi connectivity index (χ2v) is 5.16. The minimum Gasteiger partial charge on any atom is -0.481 e. The van der Waals surface area contributed by atoms with Crippen molar-refractivity contribution in [1.29, 1.82) is 0 Å². The molecule has 0 bridgehead atoms. The first-order chi connectivity index (χ1) is 10.5. The van der Waals surface area contributed by atoms with Crippen LogP contribution in [0.2, 0.25) is 0 Å². The molecule has 0 saturated carbocycles. The SMILES string of the molecule is O=C(O)c1cc(C(=O)c2ccccc2)n2c1C(C(=O)O)CC2. The average Bonchev–Trinajstić information content (AvgIpc) is 3.06. The Bertz CT molecular complexity index is 775. The topological polar surface area (TPSA) is 96.6 Å². The van der Waals surface area contributed by atoms with Gasteiger partial charge in [0, 0.05) is 17.8 Å². The highest BCUT2D eigenvalue weighted by atomic mass is 16.4. The van der Waals surface area contributed by atoms with E-state index in [1.165, 1.54) is 10.6 Å². The van der Waals surface area contributed by atoms with E-state index in [-0.39, 0.29) is 22.7 Å². The van der Waals surface area contributed by atoms with E-state index in [9.17, 15) is 24.6 Å². The predicted octanol–water partition coefficient (Wildman–Crippen LogP) is 1.99. The number of aromatic nitrogens is 1. The zero-order valence-corrected chi connectivity index (χ0v) is 11.5. The molecule has 0 amide bonds. The highest BCUT2D eigenvalue weighted by molar-refractivity contribution is 6.09. The molecule has 0 fully saturated rings. The van der Waals surface area contributed by atoms with E-state index in [0.717, 1.165) is 0 Å². The third kappa shape index (κ3) is 2.09. The first kappa shape index (κ1) is 14.1. The summed E-state index contributed by atoms with van der Waals surface area (Å²) in [6.07, 6.45) is 0.293. The van der Waals surface area contributed by atoms with Crippen molar-refractivity contribution in [1.82, 2.24) is 4.57 Å². The molecule has 3 rings (SSSR count). The van der Waals surface area contributed by atoms with Crippen molar-refractivity contribution < 1.29 is 24.6 Å². The summed E-state index contributed by atoms with van der Waals surface area (Å²) >= 11 is 0. The van der Waals surface area contributed by atoms with Gasteiger partial charge in [0.1, 0.15) is 0 Å². The molecule has 1 atom stereocenters. The maximum absolute atomic E-state index is 12.6. The number of carbonyl (C=O) groups excluding carboxylic acids is 1. The molecule has 2 heterocycles. The summed E-state index contributed by atoms with van der Waals surface area (Å²) in [6.45, 7) is 0.327. The van der Waals surface area contributed by atoms with Crippen LogP contribution in [0.4, 0.5) is 0 Å². The van der Waals surface area contributed by atoms with Crippen LogP contribution in [0.15, 0.2) is 36.4 Å². The lowest BCUT2D eigenvalue weighted by atomic mass is 10.0. The van der Waals surface area contributed by atoms with Gasteiger partial charge in [0.05, 0.1) is 17.2 Å². The van der Waals surface area contributed by atoms with Crippen LogP contribution in [0.3, 0.4) is 0 Å². The van der Waals surface area contributed by atoms with Gasteiger partial charge in [0.2, 0.25) is 5.78 Å². The van der Waals surface area contributed by atoms with E-state index in [1.54, 1.807) is 30.3 Å². The monoisotopic (exact) mass is 299 g/mol. The van der Waals surface area contributed by atoms with Crippen LogP contribution in [0.5, 0.6) is 0 Å². The second-order valence-electron chi connectivity index (χ2n) is 5.16. The maximum Gasteiger partial charge on any atom is 0.337 e. The Morgan fingerprint density at radius 1 is 1.09 bits per heavy atom. The van der Waals surface area contributed by atoms with E-state index < -0.39 is 17.9 Å². The lowest BCUT2D eigenvalue weighted by Crippen LogP contribution is -2.12. The molecule has 1 aromatic heterocycles. The molecule has 1 aromatic carbocycles.